The number of ether oxygens (including phenoxy) is 2. The molecule has 2 amide bonds. The number of aromatic nitrogens is 1. The lowest BCUT2D eigenvalue weighted by atomic mass is 9.95. The molecule has 46 heavy (non-hydrogen) atoms. The molecule has 0 unspecified atom stereocenters. The highest BCUT2D eigenvalue weighted by molar-refractivity contribution is 6.11. The normalized spacial score (nSPS) is 11.9. The van der Waals surface area contributed by atoms with E-state index in [1.165, 1.54) is 70.1 Å². The number of hydrogen-bond acceptors (Lipinski definition) is 7. The number of benzene rings is 2. The van der Waals surface area contributed by atoms with Gasteiger partial charge in [0.1, 0.15) is 17.3 Å². The summed E-state index contributed by atoms with van der Waals surface area (Å²) in [4.78, 5) is 35.1. The second-order valence-electron chi connectivity index (χ2n) is 10.8. The fraction of sp³-hybridized carbons (Fsp3) is 0.273. The zero-order chi connectivity index (χ0) is 33.8. The Morgan fingerprint density at radius 2 is 1.72 bits per heavy atom. The van der Waals surface area contributed by atoms with Gasteiger partial charge in [0.05, 0.1) is 47.7 Å². The topological polar surface area (TPSA) is 115 Å². The first-order chi connectivity index (χ1) is 21.7. The Kier molecular flexibility index (Phi) is 9.83. The largest absolute Gasteiger partial charge is 0.496 e. The van der Waals surface area contributed by atoms with Gasteiger partial charge in [-0.05, 0) is 68.3 Å². The summed E-state index contributed by atoms with van der Waals surface area (Å²) in [5.41, 5.74) is 0.264. The molecule has 0 fully saturated rings. The number of hydrogen-bond donors (Lipinski definition) is 2. The van der Waals surface area contributed by atoms with E-state index in [1.54, 1.807) is 19.9 Å². The summed E-state index contributed by atoms with van der Waals surface area (Å²) in [5, 5.41) is 5.58. The molecule has 13 heteroatoms. The first-order valence-electron chi connectivity index (χ1n) is 14.0. The molecule has 2 heterocycles. The number of carbonyl (C=O) groups excluding carboxylic acids is 2. The van der Waals surface area contributed by atoms with Gasteiger partial charge in [0.25, 0.3) is 11.8 Å². The van der Waals surface area contributed by atoms with Crippen molar-refractivity contribution in [1.29, 1.82) is 0 Å². The number of rotatable bonds is 11. The van der Waals surface area contributed by atoms with Gasteiger partial charge in [-0.3, -0.25) is 9.59 Å². The van der Waals surface area contributed by atoms with Gasteiger partial charge < -0.3 is 24.5 Å². The van der Waals surface area contributed by atoms with Crippen LogP contribution >= 0.6 is 0 Å². The van der Waals surface area contributed by atoms with Crippen LogP contribution in [-0.4, -0.2) is 56.2 Å². The van der Waals surface area contributed by atoms with Crippen LogP contribution < -0.4 is 15.4 Å². The average Bonchev–Trinajstić information content (AvgIpc) is 3.39. The van der Waals surface area contributed by atoms with E-state index in [9.17, 15) is 27.2 Å². The van der Waals surface area contributed by atoms with Gasteiger partial charge in [-0.2, -0.15) is 13.2 Å². The Morgan fingerprint density at radius 1 is 1.04 bits per heavy atom. The minimum absolute atomic E-state index is 0.0202. The second kappa shape index (κ2) is 13.4. The fourth-order valence-corrected chi connectivity index (χ4v) is 4.67. The smallest absolute Gasteiger partial charge is 0.389 e. The van der Waals surface area contributed by atoms with Crippen LogP contribution in [0.15, 0.2) is 70.2 Å². The number of aryl methyl sites for hydroxylation is 1. The SMILES string of the molecule is C=C(/N=C\OC)C(C)(C)NC(=O)c1cc(-c2cc3c(C(=O)NC)c(-c4ccc(F)cc4)oc3nc2CCC(F)(F)F)ccc1OC. The Bertz CT molecular complexity index is 1810. The maximum Gasteiger partial charge on any atom is 0.389 e. The zero-order valence-electron chi connectivity index (χ0n) is 25.8. The lowest BCUT2D eigenvalue weighted by Gasteiger charge is -2.26. The summed E-state index contributed by atoms with van der Waals surface area (Å²) in [7, 11) is 4.20. The number of nitrogens with zero attached hydrogens (tertiary/aromatic N) is 2. The van der Waals surface area contributed by atoms with Crippen molar-refractivity contribution in [2.24, 2.45) is 4.99 Å². The van der Waals surface area contributed by atoms with E-state index in [2.05, 4.69) is 27.2 Å². The van der Waals surface area contributed by atoms with Crippen molar-refractivity contribution in [1.82, 2.24) is 15.6 Å². The standard InChI is InChI=1S/C33H32F4N4O5/c1-18(39-17-44-5)32(2,3)41-29(42)23-15-20(9-12-26(23)45-6)22-16-24-27(30(43)38-4)28(19-7-10-21(34)11-8-19)46-31(24)40-25(22)13-14-33(35,36)37/h7-12,15-17H,1,13-14H2,2-6H3,(H,38,43)(H,41,42)/b39-17-. The number of fused-ring (bicyclic) bond motifs is 1. The molecular formula is C33H32F4N4O5. The van der Waals surface area contributed by atoms with Gasteiger partial charge in [0.2, 0.25) is 5.71 Å². The summed E-state index contributed by atoms with van der Waals surface area (Å²) in [5.74, 6) is -1.37. The summed E-state index contributed by atoms with van der Waals surface area (Å²) in [6.07, 6.45) is -5.02. The molecule has 2 aromatic carbocycles. The van der Waals surface area contributed by atoms with Crippen molar-refractivity contribution in [2.75, 3.05) is 21.3 Å². The highest BCUT2D eigenvalue weighted by Gasteiger charge is 2.30. The third kappa shape index (κ3) is 7.36. The number of alkyl halides is 3. The van der Waals surface area contributed by atoms with Crippen LogP contribution in [0.3, 0.4) is 0 Å². The second-order valence-corrected chi connectivity index (χ2v) is 10.8. The molecule has 0 aliphatic heterocycles. The lowest BCUT2D eigenvalue weighted by molar-refractivity contribution is -0.134. The number of carbonyl (C=O) groups is 2. The summed E-state index contributed by atoms with van der Waals surface area (Å²) < 4.78 is 70.1. The molecule has 242 valence electrons. The minimum Gasteiger partial charge on any atom is -0.496 e. The molecule has 0 bridgehead atoms. The van der Waals surface area contributed by atoms with E-state index in [0.29, 0.717) is 16.8 Å². The number of furan rings is 1. The molecule has 0 aliphatic carbocycles. The highest BCUT2D eigenvalue weighted by Crippen LogP contribution is 2.38. The highest BCUT2D eigenvalue weighted by atomic mass is 19.4. The molecule has 0 aliphatic rings. The van der Waals surface area contributed by atoms with Crippen molar-refractivity contribution in [2.45, 2.75) is 38.4 Å². The van der Waals surface area contributed by atoms with E-state index >= 15 is 0 Å². The van der Waals surface area contributed by atoms with E-state index in [-0.39, 0.29) is 45.0 Å². The van der Waals surface area contributed by atoms with Gasteiger partial charge in [0, 0.05) is 24.6 Å². The van der Waals surface area contributed by atoms with E-state index in [1.807, 2.05) is 0 Å². The van der Waals surface area contributed by atoms with E-state index in [4.69, 9.17) is 13.9 Å². The molecule has 0 saturated carbocycles. The zero-order valence-corrected chi connectivity index (χ0v) is 25.8. The van der Waals surface area contributed by atoms with Crippen LogP contribution in [0.2, 0.25) is 0 Å². The van der Waals surface area contributed by atoms with Crippen molar-refractivity contribution >= 4 is 29.3 Å². The molecule has 9 nitrogen and oxygen atoms in total. The number of aliphatic imine (C=N–C) groups is 1. The maximum atomic E-state index is 13.7. The summed E-state index contributed by atoms with van der Waals surface area (Å²) in [6.45, 7) is 7.24. The van der Waals surface area contributed by atoms with Crippen molar-refractivity contribution in [3.05, 3.63) is 83.4 Å². The van der Waals surface area contributed by atoms with E-state index in [0.717, 1.165) is 0 Å². The molecule has 0 atom stereocenters. The summed E-state index contributed by atoms with van der Waals surface area (Å²) >= 11 is 0. The first-order valence-corrected chi connectivity index (χ1v) is 14.0. The van der Waals surface area contributed by atoms with Crippen LogP contribution in [0, 0.1) is 5.82 Å². The van der Waals surface area contributed by atoms with Crippen LogP contribution in [0.5, 0.6) is 5.75 Å². The van der Waals surface area contributed by atoms with Gasteiger partial charge in [0.15, 0.2) is 6.40 Å². The molecule has 0 radical (unpaired) electrons. The predicted molar refractivity (Wildman–Crippen MR) is 165 cm³/mol. The lowest BCUT2D eigenvalue weighted by Crippen LogP contribution is -2.44. The average molecular weight is 641 g/mol. The summed E-state index contributed by atoms with van der Waals surface area (Å²) in [6, 6.07) is 11.2. The molecule has 0 spiro atoms. The third-order valence-electron chi connectivity index (χ3n) is 7.18. The van der Waals surface area contributed by atoms with Crippen LogP contribution in [0.1, 0.15) is 46.7 Å². The maximum absolute atomic E-state index is 13.7. The Hall–Kier alpha value is -5.20. The van der Waals surface area contributed by atoms with Gasteiger partial charge in [-0.25, -0.2) is 14.4 Å². The minimum atomic E-state index is -4.49. The fourth-order valence-electron chi connectivity index (χ4n) is 4.67. The number of amides is 2. The molecule has 4 aromatic rings. The molecule has 4 rings (SSSR count). The van der Waals surface area contributed by atoms with Crippen molar-refractivity contribution < 1.29 is 41.0 Å². The number of nitrogens with one attached hydrogen (secondary N) is 2. The Balaban J connectivity index is 1.91. The van der Waals surface area contributed by atoms with Crippen LogP contribution in [-0.2, 0) is 11.2 Å². The van der Waals surface area contributed by atoms with E-state index < -0.39 is 42.2 Å². The number of methoxy groups -OCH3 is 2. The Morgan fingerprint density at radius 3 is 2.33 bits per heavy atom. The quantitative estimate of drug-likeness (QED) is 0.105. The molecule has 2 aromatic heterocycles. The van der Waals surface area contributed by atoms with Crippen molar-refractivity contribution in [3.8, 4) is 28.2 Å². The third-order valence-corrected chi connectivity index (χ3v) is 7.18. The molecule has 2 N–H and O–H groups in total. The monoisotopic (exact) mass is 640 g/mol. The molecule has 0 saturated heterocycles. The Labute approximate surface area is 262 Å². The van der Waals surface area contributed by atoms with Crippen molar-refractivity contribution in [3.63, 3.8) is 0 Å². The van der Waals surface area contributed by atoms with Gasteiger partial charge in [-0.15, -0.1) is 0 Å². The number of pyridine rings is 1. The van der Waals surface area contributed by atoms with Crippen LogP contribution in [0.25, 0.3) is 33.6 Å². The molecular weight excluding hydrogens is 608 g/mol. The van der Waals surface area contributed by atoms with Gasteiger partial charge in [-0.1, -0.05) is 12.6 Å². The van der Waals surface area contributed by atoms with Gasteiger partial charge >= 0.3 is 6.18 Å². The van der Waals surface area contributed by atoms with Crippen LogP contribution in [0.4, 0.5) is 17.6 Å². The number of halogens is 4. The first kappa shape index (κ1) is 33.7. The predicted octanol–water partition coefficient (Wildman–Crippen LogP) is 6.86.